The van der Waals surface area contributed by atoms with Crippen LogP contribution in [0.3, 0.4) is 0 Å². The third-order valence-corrected chi connectivity index (χ3v) is 7.44. The van der Waals surface area contributed by atoms with E-state index < -0.39 is 52.4 Å². The molecular formula is C27H24F4IN3O4. The second-order valence-corrected chi connectivity index (χ2v) is 10.7. The number of ether oxygens (including phenoxy) is 1. The molecule has 0 aromatic heterocycles. The second-order valence-electron chi connectivity index (χ2n) is 9.48. The van der Waals surface area contributed by atoms with E-state index in [-0.39, 0.29) is 22.7 Å². The van der Waals surface area contributed by atoms with Gasteiger partial charge >= 0.3 is 12.0 Å². The fourth-order valence-electron chi connectivity index (χ4n) is 4.70. The Hall–Kier alpha value is -3.42. The van der Waals surface area contributed by atoms with Crippen LogP contribution in [0.25, 0.3) is 0 Å². The topological polar surface area (TPSA) is 103 Å². The summed E-state index contributed by atoms with van der Waals surface area (Å²) >= 11 is 1.95. The number of alkyl halides is 3. The van der Waals surface area contributed by atoms with Crippen LogP contribution >= 0.6 is 22.6 Å². The third kappa shape index (κ3) is 4.90. The number of hydrogen-bond donors (Lipinski definition) is 2. The number of oxime groups is 1. The molecule has 2 amide bonds. The van der Waals surface area contributed by atoms with E-state index in [1.54, 1.807) is 26.0 Å². The maximum Gasteiger partial charge on any atom is 0.475 e. The second kappa shape index (κ2) is 10.3. The number of carbonyl (C=O) groups excluding carboxylic acids is 2. The van der Waals surface area contributed by atoms with Crippen molar-refractivity contribution in [3.63, 3.8) is 0 Å². The molecule has 1 aliphatic carbocycles. The normalized spacial score (nSPS) is 24.5. The summed E-state index contributed by atoms with van der Waals surface area (Å²) in [6.45, 7) is 5.03. The van der Waals surface area contributed by atoms with Crippen LogP contribution in [0.15, 0.2) is 69.4 Å². The van der Waals surface area contributed by atoms with Crippen LogP contribution in [0.5, 0.6) is 0 Å². The zero-order chi connectivity index (χ0) is 28.8. The van der Waals surface area contributed by atoms with E-state index in [2.05, 4.69) is 10.5 Å². The lowest BCUT2D eigenvalue weighted by atomic mass is 9.65. The number of benzene rings is 2. The molecule has 0 saturated carbocycles. The van der Waals surface area contributed by atoms with Gasteiger partial charge in [0.15, 0.2) is 0 Å². The van der Waals surface area contributed by atoms with Crippen molar-refractivity contribution in [2.24, 2.45) is 16.8 Å². The lowest BCUT2D eigenvalue weighted by Crippen LogP contribution is -2.53. The number of rotatable bonds is 6. The Morgan fingerprint density at radius 3 is 2.38 bits per heavy atom. The van der Waals surface area contributed by atoms with Crippen LogP contribution in [-0.2, 0) is 30.4 Å². The molecule has 4 rings (SSSR count). The molecule has 1 heterocycles. The summed E-state index contributed by atoms with van der Waals surface area (Å²) in [5.74, 6) is -6.72. The van der Waals surface area contributed by atoms with E-state index in [0.29, 0.717) is 3.58 Å². The zero-order valence-electron chi connectivity index (χ0n) is 21.0. The Morgan fingerprint density at radius 1 is 1.15 bits per heavy atom. The number of nitrogens with two attached hydrogens (primary N) is 1. The van der Waals surface area contributed by atoms with Gasteiger partial charge in [0.05, 0.1) is 5.92 Å². The number of nitrogens with zero attached hydrogens (tertiary/aromatic N) is 1. The molecule has 39 heavy (non-hydrogen) atoms. The van der Waals surface area contributed by atoms with E-state index >= 15 is 0 Å². The Morgan fingerprint density at radius 2 is 1.82 bits per heavy atom. The van der Waals surface area contributed by atoms with Gasteiger partial charge in [0.1, 0.15) is 11.2 Å². The number of hydrogen-bond acceptors (Lipinski definition) is 5. The molecule has 12 heteroatoms. The first-order chi connectivity index (χ1) is 18.2. The minimum Gasteiger partial charge on any atom is -0.419 e. The molecule has 0 fully saturated rings. The fraction of sp³-hybridized carbons (Fsp3) is 0.296. The lowest BCUT2D eigenvalue weighted by molar-refractivity contribution is -0.352. The molecule has 3 unspecified atom stereocenters. The van der Waals surface area contributed by atoms with E-state index in [0.717, 1.165) is 24.3 Å². The summed E-state index contributed by atoms with van der Waals surface area (Å²) in [5, 5.41) is 6.29. The van der Waals surface area contributed by atoms with Crippen molar-refractivity contribution in [3.8, 4) is 0 Å². The van der Waals surface area contributed by atoms with Gasteiger partial charge in [-0.05, 0) is 90.0 Å². The van der Waals surface area contributed by atoms with Crippen molar-refractivity contribution < 1.29 is 36.7 Å². The van der Waals surface area contributed by atoms with Crippen LogP contribution in [-0.4, -0.2) is 29.9 Å². The molecule has 1 aliphatic heterocycles. The number of primary amides is 1. The highest BCUT2D eigenvalue weighted by Crippen LogP contribution is 2.49. The molecule has 0 bridgehead atoms. The predicted octanol–water partition coefficient (Wildman–Crippen LogP) is 5.01. The molecule has 0 spiro atoms. The molecule has 2 aromatic carbocycles. The standard InChI is InChI=1S/C27H24F4IN3O4/c1-14(2)34-22(36)21-20(32)5-4-12-25(21,24(33)37)19-11-8-17(13-15(19)3)26(27(29,30)31)38-23(35-39-26)16-6-9-18(28)10-7-16/h4-14,21H,1-3H3,(H2,33,37)(H,34,36). The molecule has 3 atom stereocenters. The van der Waals surface area contributed by atoms with Gasteiger partial charge in [0, 0.05) is 20.7 Å². The van der Waals surface area contributed by atoms with Gasteiger partial charge in [-0.25, -0.2) is 4.39 Å². The highest BCUT2D eigenvalue weighted by molar-refractivity contribution is 14.1. The summed E-state index contributed by atoms with van der Waals surface area (Å²) in [6.07, 6.45) is -0.344. The van der Waals surface area contributed by atoms with E-state index in [9.17, 15) is 27.2 Å². The molecule has 7 nitrogen and oxygen atoms in total. The van der Waals surface area contributed by atoms with Gasteiger partial charge in [-0.2, -0.15) is 13.2 Å². The summed E-state index contributed by atoms with van der Waals surface area (Å²) in [4.78, 5) is 31.2. The van der Waals surface area contributed by atoms with Crippen molar-refractivity contribution in [1.82, 2.24) is 5.32 Å². The Bertz CT molecular complexity index is 1400. The van der Waals surface area contributed by atoms with E-state index in [4.69, 9.17) is 15.3 Å². The van der Waals surface area contributed by atoms with Gasteiger partial charge in [-0.3, -0.25) is 9.59 Å². The van der Waals surface area contributed by atoms with Crippen molar-refractivity contribution >= 4 is 40.3 Å². The smallest absolute Gasteiger partial charge is 0.419 e. The first-order valence-corrected chi connectivity index (χ1v) is 12.9. The maximum absolute atomic E-state index is 14.5. The Balaban J connectivity index is 1.80. The minimum absolute atomic E-state index is 0.0799. The molecule has 3 N–H and O–H groups in total. The predicted molar refractivity (Wildman–Crippen MR) is 143 cm³/mol. The molecular weight excluding hydrogens is 633 g/mol. The SMILES string of the molecule is Cc1cc(C2(C(F)(F)F)ON=C(c3ccc(F)cc3)O2)ccc1C1(C(N)=O)C=CC=C(I)C1C(=O)NC(C)C. The lowest BCUT2D eigenvalue weighted by Gasteiger charge is -2.39. The van der Waals surface area contributed by atoms with Crippen molar-refractivity contribution in [2.75, 3.05) is 0 Å². The number of amides is 2. The average molecular weight is 657 g/mol. The number of allylic oxidation sites excluding steroid dienone is 2. The molecule has 2 aliphatic rings. The first-order valence-electron chi connectivity index (χ1n) is 11.8. The number of halogens is 5. The monoisotopic (exact) mass is 657 g/mol. The van der Waals surface area contributed by atoms with Gasteiger partial charge in [0.25, 0.3) is 5.90 Å². The van der Waals surface area contributed by atoms with Crippen molar-refractivity contribution in [2.45, 2.75) is 44.2 Å². The van der Waals surface area contributed by atoms with Gasteiger partial charge in [0.2, 0.25) is 11.8 Å². The molecule has 0 radical (unpaired) electrons. The van der Waals surface area contributed by atoms with Gasteiger partial charge in [-0.1, -0.05) is 30.4 Å². The number of nitrogens with one attached hydrogen (secondary N) is 1. The average Bonchev–Trinajstić information content (AvgIpc) is 3.30. The quantitative estimate of drug-likeness (QED) is 0.337. The van der Waals surface area contributed by atoms with E-state index in [1.807, 2.05) is 22.6 Å². The zero-order valence-corrected chi connectivity index (χ0v) is 23.1. The molecule has 0 saturated heterocycles. The van der Waals surface area contributed by atoms with Crippen molar-refractivity contribution in [1.29, 1.82) is 0 Å². The van der Waals surface area contributed by atoms with Crippen molar-refractivity contribution in [3.05, 3.63) is 92.3 Å². The highest BCUT2D eigenvalue weighted by Gasteiger charge is 2.66. The summed E-state index contributed by atoms with van der Waals surface area (Å²) < 4.78 is 62.5. The maximum atomic E-state index is 14.5. The Kier molecular flexibility index (Phi) is 7.54. The largest absolute Gasteiger partial charge is 0.475 e. The summed E-state index contributed by atoms with van der Waals surface area (Å²) in [5.41, 5.74) is 4.33. The summed E-state index contributed by atoms with van der Waals surface area (Å²) in [6, 6.07) is 7.85. The van der Waals surface area contributed by atoms with Crippen LogP contribution < -0.4 is 11.1 Å². The third-order valence-electron chi connectivity index (χ3n) is 6.46. The van der Waals surface area contributed by atoms with Crippen LogP contribution in [0, 0.1) is 18.7 Å². The highest BCUT2D eigenvalue weighted by atomic mass is 127. The van der Waals surface area contributed by atoms with E-state index in [1.165, 1.54) is 31.2 Å². The van der Waals surface area contributed by atoms with Gasteiger partial charge in [-0.15, -0.1) is 0 Å². The van der Waals surface area contributed by atoms with Crippen LogP contribution in [0.2, 0.25) is 0 Å². The number of aryl methyl sites for hydroxylation is 1. The first kappa shape index (κ1) is 28.6. The minimum atomic E-state index is -5.09. The van der Waals surface area contributed by atoms with Crippen LogP contribution in [0.1, 0.15) is 36.1 Å². The summed E-state index contributed by atoms with van der Waals surface area (Å²) in [7, 11) is 0. The van der Waals surface area contributed by atoms with Gasteiger partial charge < -0.3 is 20.6 Å². The molecule has 206 valence electrons. The Labute approximate surface area is 235 Å². The van der Waals surface area contributed by atoms with Crippen LogP contribution in [0.4, 0.5) is 17.6 Å². The number of carbonyl (C=O) groups is 2. The molecule has 2 aromatic rings. The fourth-order valence-corrected chi connectivity index (χ4v) is 5.69.